The van der Waals surface area contributed by atoms with Crippen LogP contribution in [0.2, 0.25) is 0 Å². The van der Waals surface area contributed by atoms with Gasteiger partial charge in [-0.3, -0.25) is 9.59 Å². The van der Waals surface area contributed by atoms with Crippen molar-refractivity contribution >= 4 is 11.9 Å². The van der Waals surface area contributed by atoms with Gasteiger partial charge in [0.25, 0.3) is 0 Å². The molecule has 2 aliphatic rings. The van der Waals surface area contributed by atoms with Gasteiger partial charge >= 0.3 is 11.9 Å². The molecule has 5 heteroatoms. The summed E-state index contributed by atoms with van der Waals surface area (Å²) in [6.07, 6.45) is 1.51. The Morgan fingerprint density at radius 3 is 2.30 bits per heavy atom. The van der Waals surface area contributed by atoms with Crippen LogP contribution in [0.25, 0.3) is 0 Å². The third-order valence-electron chi connectivity index (χ3n) is 4.90. The van der Waals surface area contributed by atoms with Crippen molar-refractivity contribution in [2.24, 2.45) is 17.3 Å². The Labute approximate surface area is 119 Å². The molecule has 0 unspecified atom stereocenters. The lowest BCUT2D eigenvalue weighted by Crippen LogP contribution is -2.39. The van der Waals surface area contributed by atoms with Crippen molar-refractivity contribution in [2.45, 2.75) is 58.7 Å². The van der Waals surface area contributed by atoms with Crippen molar-refractivity contribution in [3.63, 3.8) is 0 Å². The lowest BCUT2D eigenvalue weighted by molar-refractivity contribution is -0.159. The molecule has 114 valence electrons. The van der Waals surface area contributed by atoms with Gasteiger partial charge in [0, 0.05) is 6.61 Å². The second kappa shape index (κ2) is 5.02. The highest BCUT2D eigenvalue weighted by Gasteiger charge is 2.60. The fourth-order valence-electron chi connectivity index (χ4n) is 3.50. The van der Waals surface area contributed by atoms with Crippen molar-refractivity contribution in [1.29, 1.82) is 0 Å². The summed E-state index contributed by atoms with van der Waals surface area (Å²) in [4.78, 5) is 23.7. The van der Waals surface area contributed by atoms with Gasteiger partial charge in [-0.15, -0.1) is 0 Å². The molecule has 1 heterocycles. The molecular formula is C15H24O5. The second-order valence-electron chi connectivity index (χ2n) is 6.92. The molecule has 0 aromatic carbocycles. The molecule has 3 atom stereocenters. The summed E-state index contributed by atoms with van der Waals surface area (Å²) < 4.78 is 11.1. The predicted octanol–water partition coefficient (Wildman–Crippen LogP) is 2.23. The molecule has 0 bridgehead atoms. The van der Waals surface area contributed by atoms with E-state index in [-0.39, 0.29) is 11.5 Å². The van der Waals surface area contributed by atoms with Crippen LogP contribution in [0.15, 0.2) is 0 Å². The van der Waals surface area contributed by atoms with E-state index in [1.54, 1.807) is 13.8 Å². The van der Waals surface area contributed by atoms with Gasteiger partial charge in [-0.2, -0.15) is 0 Å². The van der Waals surface area contributed by atoms with Crippen molar-refractivity contribution in [2.75, 3.05) is 6.61 Å². The molecule has 2 rings (SSSR count). The second-order valence-corrected chi connectivity index (χ2v) is 6.92. The summed E-state index contributed by atoms with van der Waals surface area (Å²) in [7, 11) is 0. The molecular weight excluding hydrogens is 260 g/mol. The number of rotatable bonds is 3. The SMILES string of the molecule is CC(C)OC(=O)[C@H]1C[C@@]2(C[C@@H]1C(=O)O)OCCC2(C)C. The van der Waals surface area contributed by atoms with E-state index in [9.17, 15) is 14.7 Å². The summed E-state index contributed by atoms with van der Waals surface area (Å²) in [5.74, 6) is -2.65. The monoisotopic (exact) mass is 284 g/mol. The molecule has 1 spiro atoms. The molecule has 2 fully saturated rings. The summed E-state index contributed by atoms with van der Waals surface area (Å²) in [5.41, 5.74) is -0.607. The normalized spacial score (nSPS) is 35.6. The predicted molar refractivity (Wildman–Crippen MR) is 72.2 cm³/mol. The van der Waals surface area contributed by atoms with Gasteiger partial charge in [0.2, 0.25) is 0 Å². The van der Waals surface area contributed by atoms with Gasteiger partial charge in [0.1, 0.15) is 0 Å². The van der Waals surface area contributed by atoms with Crippen LogP contribution in [0.4, 0.5) is 0 Å². The van der Waals surface area contributed by atoms with E-state index >= 15 is 0 Å². The Hall–Kier alpha value is -1.10. The van der Waals surface area contributed by atoms with Gasteiger partial charge in [-0.25, -0.2) is 0 Å². The van der Waals surface area contributed by atoms with Crippen LogP contribution in [0, 0.1) is 17.3 Å². The van der Waals surface area contributed by atoms with E-state index in [4.69, 9.17) is 9.47 Å². The van der Waals surface area contributed by atoms with E-state index in [1.807, 2.05) is 0 Å². The summed E-state index contributed by atoms with van der Waals surface area (Å²) in [5, 5.41) is 9.42. The smallest absolute Gasteiger partial charge is 0.310 e. The number of aliphatic carboxylic acids is 1. The first-order valence-corrected chi connectivity index (χ1v) is 7.26. The van der Waals surface area contributed by atoms with E-state index in [2.05, 4.69) is 13.8 Å². The van der Waals surface area contributed by atoms with Crippen molar-refractivity contribution in [1.82, 2.24) is 0 Å². The van der Waals surface area contributed by atoms with E-state index in [0.29, 0.717) is 19.4 Å². The molecule has 1 saturated carbocycles. The van der Waals surface area contributed by atoms with Crippen LogP contribution in [0.5, 0.6) is 0 Å². The fourth-order valence-corrected chi connectivity index (χ4v) is 3.50. The maximum Gasteiger partial charge on any atom is 0.310 e. The minimum Gasteiger partial charge on any atom is -0.481 e. The Morgan fingerprint density at radius 2 is 1.85 bits per heavy atom. The highest BCUT2D eigenvalue weighted by Crippen LogP contribution is 2.56. The zero-order valence-corrected chi connectivity index (χ0v) is 12.6. The highest BCUT2D eigenvalue weighted by molar-refractivity contribution is 5.82. The summed E-state index contributed by atoms with van der Waals surface area (Å²) in [6, 6.07) is 0. The highest BCUT2D eigenvalue weighted by atomic mass is 16.5. The Kier molecular flexibility index (Phi) is 3.84. The minimum atomic E-state index is -0.932. The third-order valence-corrected chi connectivity index (χ3v) is 4.90. The molecule has 1 aliphatic carbocycles. The first kappa shape index (κ1) is 15.3. The molecule has 0 amide bonds. The van der Waals surface area contributed by atoms with Crippen LogP contribution in [0.1, 0.15) is 47.0 Å². The lowest BCUT2D eigenvalue weighted by Gasteiger charge is -2.36. The number of carboxylic acids is 1. The van der Waals surface area contributed by atoms with Gasteiger partial charge in [0.15, 0.2) is 0 Å². The molecule has 1 aliphatic heterocycles. The van der Waals surface area contributed by atoms with Crippen molar-refractivity contribution in [3.05, 3.63) is 0 Å². The van der Waals surface area contributed by atoms with Crippen LogP contribution in [-0.4, -0.2) is 35.4 Å². The molecule has 0 radical (unpaired) electrons. The zero-order chi connectivity index (χ0) is 15.1. The Morgan fingerprint density at radius 1 is 1.25 bits per heavy atom. The number of esters is 1. The number of carbonyl (C=O) groups excluding carboxylic acids is 1. The molecule has 0 aromatic rings. The first-order chi connectivity index (χ1) is 9.18. The Balaban J connectivity index is 2.24. The van der Waals surface area contributed by atoms with Crippen LogP contribution in [-0.2, 0) is 19.1 Å². The third kappa shape index (κ3) is 2.43. The summed E-state index contributed by atoms with van der Waals surface area (Å²) in [6.45, 7) is 8.36. The van der Waals surface area contributed by atoms with Crippen LogP contribution in [0.3, 0.4) is 0 Å². The molecule has 5 nitrogen and oxygen atoms in total. The maximum atomic E-state index is 12.2. The molecule has 20 heavy (non-hydrogen) atoms. The van der Waals surface area contributed by atoms with Gasteiger partial charge in [-0.05, 0) is 38.5 Å². The zero-order valence-electron chi connectivity index (χ0n) is 12.6. The van der Waals surface area contributed by atoms with E-state index in [1.165, 1.54) is 0 Å². The van der Waals surface area contributed by atoms with Gasteiger partial charge in [0.05, 0.1) is 23.5 Å². The largest absolute Gasteiger partial charge is 0.481 e. The van der Waals surface area contributed by atoms with Crippen LogP contribution < -0.4 is 0 Å². The lowest BCUT2D eigenvalue weighted by atomic mass is 9.73. The average molecular weight is 284 g/mol. The van der Waals surface area contributed by atoms with E-state index < -0.39 is 29.4 Å². The van der Waals surface area contributed by atoms with Crippen LogP contribution >= 0.6 is 0 Å². The van der Waals surface area contributed by atoms with Gasteiger partial charge in [-0.1, -0.05) is 13.8 Å². The van der Waals surface area contributed by atoms with Crippen molar-refractivity contribution < 1.29 is 24.2 Å². The number of hydrogen-bond acceptors (Lipinski definition) is 4. The molecule has 1 saturated heterocycles. The fraction of sp³-hybridized carbons (Fsp3) is 0.867. The standard InChI is InChI=1S/C15H24O5/c1-9(2)20-13(18)11-8-15(7-10(11)12(16)17)14(3,4)5-6-19-15/h9-11H,5-8H2,1-4H3,(H,16,17)/t10-,11-,15+/m0/s1. The topological polar surface area (TPSA) is 72.8 Å². The quantitative estimate of drug-likeness (QED) is 0.805. The summed E-state index contributed by atoms with van der Waals surface area (Å²) >= 11 is 0. The molecule has 0 aromatic heterocycles. The average Bonchev–Trinajstić information content (AvgIpc) is 2.81. The Bertz CT molecular complexity index is 414. The van der Waals surface area contributed by atoms with Crippen molar-refractivity contribution in [3.8, 4) is 0 Å². The van der Waals surface area contributed by atoms with Gasteiger partial charge < -0.3 is 14.6 Å². The van der Waals surface area contributed by atoms with E-state index in [0.717, 1.165) is 6.42 Å². The number of ether oxygens (including phenoxy) is 2. The number of carboxylic acid groups (broad SMARTS) is 1. The number of hydrogen-bond donors (Lipinski definition) is 1. The maximum absolute atomic E-state index is 12.2. The molecule has 1 N–H and O–H groups in total. The minimum absolute atomic E-state index is 0.104. The first-order valence-electron chi connectivity index (χ1n) is 7.26. The number of carbonyl (C=O) groups is 2.